The summed E-state index contributed by atoms with van der Waals surface area (Å²) >= 11 is 7.59. The molecule has 5 nitrogen and oxygen atoms in total. The van der Waals surface area contributed by atoms with Gasteiger partial charge in [-0.1, -0.05) is 11.6 Å². The summed E-state index contributed by atoms with van der Waals surface area (Å²) in [7, 11) is 2.04. The number of anilines is 1. The van der Waals surface area contributed by atoms with Crippen LogP contribution in [-0.4, -0.2) is 16.0 Å². The minimum absolute atomic E-state index is 0.0360. The van der Waals surface area contributed by atoms with Crippen molar-refractivity contribution in [2.24, 2.45) is 29.8 Å². The van der Waals surface area contributed by atoms with E-state index < -0.39 is 0 Å². The lowest BCUT2D eigenvalue weighted by Crippen LogP contribution is -2.50. The highest BCUT2D eigenvalue weighted by Crippen LogP contribution is 2.57. The Hall–Kier alpha value is -2.57. The molecule has 7 rings (SSSR count). The molecule has 4 aliphatic carbocycles. The van der Waals surface area contributed by atoms with E-state index in [1.165, 1.54) is 38.5 Å². The molecule has 7 heteroatoms. The molecule has 1 N–H and O–H groups in total. The van der Waals surface area contributed by atoms with Gasteiger partial charge in [-0.2, -0.15) is 0 Å². The average molecular weight is 508 g/mol. The third-order valence-electron chi connectivity index (χ3n) is 7.89. The van der Waals surface area contributed by atoms with Gasteiger partial charge in [-0.15, -0.1) is 11.3 Å². The zero-order valence-corrected chi connectivity index (χ0v) is 21.4. The summed E-state index contributed by atoms with van der Waals surface area (Å²) in [5, 5.41) is 5.76. The Morgan fingerprint density at radius 3 is 2.20 bits per heavy atom. The average Bonchev–Trinajstić information content (AvgIpc) is 3.14. The number of carbonyl (C=O) groups excluding carboxylic acids is 1. The number of rotatable bonds is 6. The van der Waals surface area contributed by atoms with Gasteiger partial charge in [0.25, 0.3) is 0 Å². The van der Waals surface area contributed by atoms with Gasteiger partial charge in [0.15, 0.2) is 4.80 Å². The first kappa shape index (κ1) is 22.9. The first-order chi connectivity index (χ1) is 16.9. The van der Waals surface area contributed by atoms with E-state index in [9.17, 15) is 4.79 Å². The van der Waals surface area contributed by atoms with E-state index in [0.29, 0.717) is 22.9 Å². The zero-order valence-electron chi connectivity index (χ0n) is 19.9. The van der Waals surface area contributed by atoms with Crippen LogP contribution in [0.15, 0.2) is 58.9 Å². The number of benzene rings is 2. The SMILES string of the molecule is Cn1c(CC(=O)Nc2ccc(Oc3ccc(Cl)cc3)cc2)csc1=NC12CC3CC(CC(C3)C1)C2. The lowest BCUT2D eigenvalue weighted by molar-refractivity contribution is -0.115. The molecule has 0 atom stereocenters. The molecule has 4 saturated carbocycles. The summed E-state index contributed by atoms with van der Waals surface area (Å²) in [4.78, 5) is 19.2. The van der Waals surface area contributed by atoms with E-state index in [1.807, 2.05) is 43.4 Å². The Kier molecular flexibility index (Phi) is 5.97. The molecular weight excluding hydrogens is 478 g/mol. The summed E-state index contributed by atoms with van der Waals surface area (Å²) in [6.07, 6.45) is 8.35. The number of ether oxygens (including phenoxy) is 1. The molecule has 3 aromatic rings. The monoisotopic (exact) mass is 507 g/mol. The van der Waals surface area contributed by atoms with Crippen LogP contribution in [0.1, 0.15) is 44.2 Å². The van der Waals surface area contributed by atoms with E-state index in [4.69, 9.17) is 21.3 Å². The standard InChI is InChI=1S/C28H30ClN3O2S/c1-32-23(17-35-27(32)31-28-14-18-10-19(15-28)12-20(11-18)16-28)13-26(33)30-22-4-8-25(9-5-22)34-24-6-2-21(29)3-7-24/h2-9,17-20H,10-16H2,1H3,(H,30,33). The fourth-order valence-corrected chi connectivity index (χ4v) is 7.81. The van der Waals surface area contributed by atoms with E-state index in [-0.39, 0.29) is 11.4 Å². The van der Waals surface area contributed by atoms with Crippen LogP contribution in [0.2, 0.25) is 5.02 Å². The van der Waals surface area contributed by atoms with Crippen LogP contribution in [0.25, 0.3) is 0 Å². The lowest BCUT2D eigenvalue weighted by atomic mass is 9.53. The second kappa shape index (κ2) is 9.14. The van der Waals surface area contributed by atoms with Gasteiger partial charge in [0.2, 0.25) is 5.91 Å². The molecule has 0 aliphatic heterocycles. The van der Waals surface area contributed by atoms with Gasteiger partial charge in [0, 0.05) is 28.8 Å². The Bertz CT molecular complexity index is 1260. The van der Waals surface area contributed by atoms with Crippen molar-refractivity contribution in [1.82, 2.24) is 4.57 Å². The fraction of sp³-hybridized carbons (Fsp3) is 0.429. The highest BCUT2D eigenvalue weighted by atomic mass is 35.5. The third-order valence-corrected chi connectivity index (χ3v) is 9.10. The number of nitrogens with one attached hydrogen (secondary N) is 1. The van der Waals surface area contributed by atoms with Gasteiger partial charge >= 0.3 is 0 Å². The summed E-state index contributed by atoms with van der Waals surface area (Å²) < 4.78 is 7.94. The number of hydrogen-bond donors (Lipinski definition) is 1. The van der Waals surface area contributed by atoms with Gasteiger partial charge in [-0.3, -0.25) is 9.79 Å². The fourth-order valence-electron chi connectivity index (χ4n) is 6.68. The molecule has 35 heavy (non-hydrogen) atoms. The largest absolute Gasteiger partial charge is 0.457 e. The summed E-state index contributed by atoms with van der Waals surface area (Å²) in [6.45, 7) is 0. The summed E-state index contributed by atoms with van der Waals surface area (Å²) in [5.74, 6) is 4.01. The summed E-state index contributed by atoms with van der Waals surface area (Å²) in [6, 6.07) is 14.6. The van der Waals surface area contributed by atoms with Crippen LogP contribution >= 0.6 is 22.9 Å². The molecule has 2 aromatic carbocycles. The first-order valence-electron chi connectivity index (χ1n) is 12.5. The van der Waals surface area contributed by atoms with Gasteiger partial charge in [0.05, 0.1) is 12.0 Å². The number of nitrogens with zero attached hydrogens (tertiary/aromatic N) is 2. The van der Waals surface area contributed by atoms with E-state index in [0.717, 1.165) is 33.9 Å². The van der Waals surface area contributed by atoms with Gasteiger partial charge in [-0.05, 0) is 105 Å². The second-order valence-corrected chi connectivity index (χ2v) is 11.9. The van der Waals surface area contributed by atoms with Crippen LogP contribution in [-0.2, 0) is 18.3 Å². The second-order valence-electron chi connectivity index (χ2n) is 10.6. The highest BCUT2D eigenvalue weighted by molar-refractivity contribution is 7.07. The molecule has 0 saturated heterocycles. The van der Waals surface area contributed by atoms with E-state index in [1.54, 1.807) is 23.5 Å². The molecular formula is C28H30ClN3O2S. The van der Waals surface area contributed by atoms with Gasteiger partial charge in [0.1, 0.15) is 11.5 Å². The van der Waals surface area contributed by atoms with E-state index >= 15 is 0 Å². The molecule has 1 heterocycles. The molecule has 1 amide bonds. The number of thiazole rings is 1. The maximum Gasteiger partial charge on any atom is 0.230 e. The number of hydrogen-bond acceptors (Lipinski definition) is 4. The third kappa shape index (κ3) is 4.91. The Balaban J connectivity index is 1.10. The molecule has 0 unspecified atom stereocenters. The number of carbonyl (C=O) groups is 1. The van der Waals surface area contributed by atoms with Crippen LogP contribution in [0.4, 0.5) is 5.69 Å². The maximum absolute atomic E-state index is 12.8. The summed E-state index contributed by atoms with van der Waals surface area (Å²) in [5.41, 5.74) is 1.89. The molecule has 0 radical (unpaired) electrons. The molecule has 4 aliphatic rings. The minimum Gasteiger partial charge on any atom is -0.457 e. The minimum atomic E-state index is -0.0360. The molecule has 4 fully saturated rings. The normalized spacial score (nSPS) is 27.3. The lowest BCUT2D eigenvalue weighted by Gasteiger charge is -2.54. The van der Waals surface area contributed by atoms with Crippen molar-refractivity contribution in [1.29, 1.82) is 0 Å². The number of aromatic nitrogens is 1. The molecule has 182 valence electrons. The van der Waals surface area contributed by atoms with Crippen molar-refractivity contribution in [3.05, 3.63) is 69.4 Å². The van der Waals surface area contributed by atoms with Crippen LogP contribution in [0, 0.1) is 17.8 Å². The van der Waals surface area contributed by atoms with Crippen molar-refractivity contribution in [3.8, 4) is 11.5 Å². The Morgan fingerprint density at radius 2 is 1.60 bits per heavy atom. The van der Waals surface area contributed by atoms with Crippen LogP contribution in [0.5, 0.6) is 11.5 Å². The van der Waals surface area contributed by atoms with Crippen molar-refractivity contribution in [2.45, 2.75) is 50.5 Å². The van der Waals surface area contributed by atoms with Gasteiger partial charge in [-0.25, -0.2) is 0 Å². The molecule has 4 bridgehead atoms. The topological polar surface area (TPSA) is 55.6 Å². The van der Waals surface area contributed by atoms with E-state index in [2.05, 4.69) is 15.3 Å². The Morgan fingerprint density at radius 1 is 1.03 bits per heavy atom. The van der Waals surface area contributed by atoms with Crippen molar-refractivity contribution >= 4 is 34.5 Å². The van der Waals surface area contributed by atoms with Crippen LogP contribution < -0.4 is 14.9 Å². The quantitative estimate of drug-likeness (QED) is 0.409. The van der Waals surface area contributed by atoms with Crippen molar-refractivity contribution in [2.75, 3.05) is 5.32 Å². The maximum atomic E-state index is 12.8. The van der Waals surface area contributed by atoms with Gasteiger partial charge < -0.3 is 14.6 Å². The predicted octanol–water partition coefficient (Wildman–Crippen LogP) is 6.58. The number of amides is 1. The van der Waals surface area contributed by atoms with Crippen molar-refractivity contribution < 1.29 is 9.53 Å². The molecule has 0 spiro atoms. The smallest absolute Gasteiger partial charge is 0.230 e. The van der Waals surface area contributed by atoms with Crippen molar-refractivity contribution in [3.63, 3.8) is 0 Å². The predicted molar refractivity (Wildman–Crippen MR) is 140 cm³/mol. The number of halogens is 1. The zero-order chi connectivity index (χ0) is 24.0. The molecule has 1 aromatic heterocycles. The Labute approximate surface area is 214 Å². The van der Waals surface area contributed by atoms with Crippen LogP contribution in [0.3, 0.4) is 0 Å². The highest BCUT2D eigenvalue weighted by Gasteiger charge is 2.51. The first-order valence-corrected chi connectivity index (χ1v) is 13.7.